The van der Waals surface area contributed by atoms with Gasteiger partial charge in [-0.3, -0.25) is 9.59 Å². The number of carbonyl (C=O) groups excluding carboxylic acids is 2. The highest BCUT2D eigenvalue weighted by molar-refractivity contribution is 5.90. The van der Waals surface area contributed by atoms with Gasteiger partial charge in [0.05, 0.1) is 6.42 Å². The van der Waals surface area contributed by atoms with Gasteiger partial charge in [0.2, 0.25) is 0 Å². The van der Waals surface area contributed by atoms with Crippen molar-refractivity contribution < 1.29 is 54.6 Å². The van der Waals surface area contributed by atoms with Crippen molar-refractivity contribution in [3.63, 3.8) is 0 Å². The van der Waals surface area contributed by atoms with Crippen LogP contribution in [0.2, 0.25) is 0 Å². The second-order valence-corrected chi connectivity index (χ2v) is 4.15. The molecule has 0 aliphatic heterocycles. The van der Waals surface area contributed by atoms with Gasteiger partial charge in [-0.1, -0.05) is 0 Å². The van der Waals surface area contributed by atoms with Crippen molar-refractivity contribution in [1.29, 1.82) is 0 Å². The van der Waals surface area contributed by atoms with Gasteiger partial charge in [-0.25, -0.2) is 9.59 Å². The molecule has 12 heteroatoms. The van der Waals surface area contributed by atoms with Crippen LogP contribution in [0, 0.1) is 0 Å². The average Bonchev–Trinajstić information content (AvgIpc) is 2.43. The summed E-state index contributed by atoms with van der Waals surface area (Å²) >= 11 is 0. The third-order valence-electron chi connectivity index (χ3n) is 2.41. The van der Waals surface area contributed by atoms with Crippen molar-refractivity contribution in [3.8, 4) is 0 Å². The van der Waals surface area contributed by atoms with E-state index in [0.717, 1.165) is 0 Å². The highest BCUT2D eigenvalue weighted by Gasteiger charge is 2.39. The molecule has 0 aliphatic carbocycles. The second kappa shape index (κ2) is 8.35. The Morgan fingerprint density at radius 3 is 1.73 bits per heavy atom. The summed E-state index contributed by atoms with van der Waals surface area (Å²) in [7, 11) is 0. The van der Waals surface area contributed by atoms with E-state index in [9.17, 15) is 34.5 Å². The van der Waals surface area contributed by atoms with Gasteiger partial charge in [0.1, 0.15) is 18.2 Å². The molecule has 0 fully saturated rings. The van der Waals surface area contributed by atoms with Gasteiger partial charge in [-0.2, -0.15) is 0 Å². The first-order valence-corrected chi connectivity index (χ1v) is 5.67. The minimum Gasteiger partial charge on any atom is -0.480 e. The lowest BCUT2D eigenvalue weighted by Gasteiger charge is -2.23. The molecule has 1 unspecified atom stereocenters. The highest BCUT2D eigenvalue weighted by Crippen LogP contribution is 2.08. The number of hydrogen-bond donors (Lipinski definition) is 7. The van der Waals surface area contributed by atoms with E-state index in [2.05, 4.69) is 4.74 Å². The van der Waals surface area contributed by atoms with E-state index in [1.54, 1.807) is 0 Å². The molecule has 0 aromatic carbocycles. The van der Waals surface area contributed by atoms with E-state index in [0.29, 0.717) is 0 Å². The SMILES string of the molecule is NC(CC(=O)OC(=O)[C@H](O)[C@@H](O)[C@H](O)[C@H](O)C(=O)O)C(=O)O. The van der Waals surface area contributed by atoms with Gasteiger partial charge >= 0.3 is 23.9 Å². The van der Waals surface area contributed by atoms with Crippen LogP contribution in [-0.4, -0.2) is 85.0 Å². The monoisotopic (exact) mass is 325 g/mol. The number of esters is 2. The van der Waals surface area contributed by atoms with Gasteiger partial charge in [0.25, 0.3) is 0 Å². The number of aliphatic carboxylic acids is 2. The molecule has 0 aliphatic rings. The van der Waals surface area contributed by atoms with E-state index >= 15 is 0 Å². The predicted molar refractivity (Wildman–Crippen MR) is 63.0 cm³/mol. The van der Waals surface area contributed by atoms with E-state index in [4.69, 9.17) is 21.1 Å². The smallest absolute Gasteiger partial charge is 0.345 e. The molecule has 0 spiro atoms. The van der Waals surface area contributed by atoms with Crippen LogP contribution in [0.3, 0.4) is 0 Å². The fraction of sp³-hybridized carbons (Fsp3) is 0.600. The predicted octanol–water partition coefficient (Wildman–Crippen LogP) is -4.61. The Kier molecular flexibility index (Phi) is 7.55. The first kappa shape index (κ1) is 19.9. The van der Waals surface area contributed by atoms with Gasteiger partial charge < -0.3 is 41.1 Å². The van der Waals surface area contributed by atoms with Crippen molar-refractivity contribution in [2.24, 2.45) is 5.73 Å². The van der Waals surface area contributed by atoms with Crippen molar-refractivity contribution in [2.45, 2.75) is 36.9 Å². The number of aliphatic hydroxyl groups excluding tert-OH is 4. The largest absolute Gasteiger partial charge is 0.480 e. The lowest BCUT2D eigenvalue weighted by Crippen LogP contribution is -2.50. The molecule has 0 rings (SSSR count). The number of ether oxygens (including phenoxy) is 1. The van der Waals surface area contributed by atoms with Crippen molar-refractivity contribution >= 4 is 23.9 Å². The van der Waals surface area contributed by atoms with Crippen LogP contribution in [0.25, 0.3) is 0 Å². The molecule has 0 heterocycles. The maximum atomic E-state index is 11.3. The Morgan fingerprint density at radius 2 is 1.32 bits per heavy atom. The number of carbonyl (C=O) groups is 4. The zero-order valence-electron chi connectivity index (χ0n) is 10.9. The number of nitrogens with two attached hydrogens (primary N) is 1. The summed E-state index contributed by atoms with van der Waals surface area (Å²) in [6.45, 7) is 0. The zero-order chi connectivity index (χ0) is 17.6. The molecule has 0 bridgehead atoms. The molecule has 126 valence electrons. The molecule has 0 aromatic heterocycles. The fourth-order valence-electron chi connectivity index (χ4n) is 1.14. The number of aliphatic hydroxyl groups is 4. The minimum atomic E-state index is -2.56. The van der Waals surface area contributed by atoms with Crippen LogP contribution in [0.1, 0.15) is 6.42 Å². The normalized spacial score (nSPS) is 17.7. The first-order valence-electron chi connectivity index (χ1n) is 5.67. The number of carboxylic acid groups (broad SMARTS) is 2. The standard InChI is InChI=1S/C10H15NO11/c11-2(8(17)18)1-3(12)22-10(21)7(16)5(14)4(13)6(15)9(19)20/h2,4-7,13-16H,1,11H2,(H,17,18)(H,19,20)/t2?,4-,5-,6-,7+/m0/s1. The van der Waals surface area contributed by atoms with Crippen LogP contribution in [0.4, 0.5) is 0 Å². The molecule has 12 nitrogen and oxygen atoms in total. The van der Waals surface area contributed by atoms with Gasteiger partial charge in [0, 0.05) is 0 Å². The maximum Gasteiger partial charge on any atom is 0.345 e. The molecule has 0 radical (unpaired) electrons. The fourth-order valence-corrected chi connectivity index (χ4v) is 1.14. The number of rotatable bonds is 8. The Morgan fingerprint density at radius 1 is 0.864 bits per heavy atom. The third kappa shape index (κ3) is 5.71. The van der Waals surface area contributed by atoms with Crippen LogP contribution >= 0.6 is 0 Å². The van der Waals surface area contributed by atoms with Crippen LogP contribution in [0.5, 0.6) is 0 Å². The van der Waals surface area contributed by atoms with Crippen LogP contribution in [0.15, 0.2) is 0 Å². The summed E-state index contributed by atoms with van der Waals surface area (Å²) in [5.41, 5.74) is 4.99. The Bertz CT molecular complexity index is 450. The van der Waals surface area contributed by atoms with Gasteiger partial charge in [-0.15, -0.1) is 0 Å². The molecule has 5 atom stereocenters. The van der Waals surface area contributed by atoms with Gasteiger partial charge in [0.15, 0.2) is 12.2 Å². The second-order valence-electron chi connectivity index (χ2n) is 4.15. The van der Waals surface area contributed by atoms with E-state index in [1.807, 2.05) is 0 Å². The average molecular weight is 325 g/mol. The third-order valence-corrected chi connectivity index (χ3v) is 2.41. The topological polar surface area (TPSA) is 225 Å². The van der Waals surface area contributed by atoms with Crippen molar-refractivity contribution in [3.05, 3.63) is 0 Å². The molecular formula is C10H15NO11. The molecule has 0 saturated heterocycles. The van der Waals surface area contributed by atoms with Crippen molar-refractivity contribution in [1.82, 2.24) is 0 Å². The highest BCUT2D eigenvalue weighted by atomic mass is 16.6. The molecular weight excluding hydrogens is 310 g/mol. The Hall–Kier alpha value is -2.12. The summed E-state index contributed by atoms with van der Waals surface area (Å²) in [5.74, 6) is -6.70. The first-order chi connectivity index (χ1) is 9.98. The zero-order valence-corrected chi connectivity index (χ0v) is 10.9. The summed E-state index contributed by atoms with van der Waals surface area (Å²) in [5, 5.41) is 53.5. The number of hydrogen-bond acceptors (Lipinski definition) is 10. The summed E-state index contributed by atoms with van der Waals surface area (Å²) in [6, 6.07) is -1.67. The van der Waals surface area contributed by atoms with Gasteiger partial charge in [-0.05, 0) is 0 Å². The molecule has 8 N–H and O–H groups in total. The van der Waals surface area contributed by atoms with Crippen LogP contribution in [-0.2, 0) is 23.9 Å². The Labute approximate surface area is 122 Å². The molecule has 22 heavy (non-hydrogen) atoms. The van der Waals surface area contributed by atoms with Crippen LogP contribution < -0.4 is 5.73 Å². The maximum absolute atomic E-state index is 11.3. The van der Waals surface area contributed by atoms with E-state index < -0.39 is 60.8 Å². The minimum absolute atomic E-state index is 0.913. The molecule has 0 saturated carbocycles. The van der Waals surface area contributed by atoms with Crippen molar-refractivity contribution in [2.75, 3.05) is 0 Å². The number of carboxylic acids is 2. The lowest BCUT2D eigenvalue weighted by molar-refractivity contribution is -0.180. The summed E-state index contributed by atoms with van der Waals surface area (Å²) in [6.07, 6.45) is -10.9. The Balaban J connectivity index is 4.62. The lowest BCUT2D eigenvalue weighted by atomic mass is 10.0. The quantitative estimate of drug-likeness (QED) is 0.165. The van der Waals surface area contributed by atoms with E-state index in [1.165, 1.54) is 0 Å². The summed E-state index contributed by atoms with van der Waals surface area (Å²) in [4.78, 5) is 43.1. The summed E-state index contributed by atoms with van der Waals surface area (Å²) < 4.78 is 3.97. The molecule has 0 aromatic rings. The van der Waals surface area contributed by atoms with E-state index in [-0.39, 0.29) is 0 Å². The molecule has 0 amide bonds.